The van der Waals surface area contributed by atoms with E-state index < -0.39 is 10.0 Å². The first kappa shape index (κ1) is 22.7. The van der Waals surface area contributed by atoms with Gasteiger partial charge in [-0.3, -0.25) is 0 Å². The third-order valence-corrected chi connectivity index (χ3v) is 5.41. The molecule has 0 bridgehead atoms. The Kier molecular flexibility index (Phi) is 8.30. The van der Waals surface area contributed by atoms with Crippen LogP contribution in [0.15, 0.2) is 45.8 Å². The average molecular weight is 471 g/mol. The molecule has 0 atom stereocenters. The second-order valence-electron chi connectivity index (χ2n) is 6.62. The van der Waals surface area contributed by atoms with E-state index in [1.54, 1.807) is 12.1 Å². The highest BCUT2D eigenvalue weighted by Gasteiger charge is 2.13. The molecule has 0 amide bonds. The van der Waals surface area contributed by atoms with E-state index >= 15 is 0 Å². The third kappa shape index (κ3) is 6.77. The van der Waals surface area contributed by atoms with Crippen LogP contribution in [0.1, 0.15) is 31.9 Å². The maximum absolute atomic E-state index is 11.3. The van der Waals surface area contributed by atoms with Gasteiger partial charge in [-0.15, -0.1) is 0 Å². The predicted molar refractivity (Wildman–Crippen MR) is 114 cm³/mol. The molecule has 28 heavy (non-hydrogen) atoms. The maximum atomic E-state index is 11.3. The van der Waals surface area contributed by atoms with Crippen LogP contribution in [0.2, 0.25) is 0 Å². The fourth-order valence-electron chi connectivity index (χ4n) is 2.65. The summed E-state index contributed by atoms with van der Waals surface area (Å²) in [4.78, 5) is 0.126. The molecule has 0 fully saturated rings. The minimum absolute atomic E-state index is 0.0557. The van der Waals surface area contributed by atoms with E-state index in [2.05, 4.69) is 21.2 Å². The molecule has 0 saturated heterocycles. The number of hydrogen-bond donors (Lipinski definition) is 2. The molecule has 0 aliphatic heterocycles. The quantitative estimate of drug-likeness (QED) is 0.517. The number of sulfonamides is 1. The van der Waals surface area contributed by atoms with Gasteiger partial charge in [-0.25, -0.2) is 13.6 Å². The van der Waals surface area contributed by atoms with Crippen LogP contribution in [0.25, 0.3) is 0 Å². The average Bonchev–Trinajstić information content (AvgIpc) is 2.61. The first-order valence-electron chi connectivity index (χ1n) is 9.15. The molecule has 3 N–H and O–H groups in total. The van der Waals surface area contributed by atoms with E-state index in [0.717, 1.165) is 40.1 Å². The highest BCUT2D eigenvalue weighted by Crippen LogP contribution is 2.37. The van der Waals surface area contributed by atoms with Crippen molar-refractivity contribution in [1.29, 1.82) is 0 Å². The topological polar surface area (TPSA) is 90.6 Å². The van der Waals surface area contributed by atoms with Crippen molar-refractivity contribution in [2.75, 3.05) is 13.2 Å². The van der Waals surface area contributed by atoms with Gasteiger partial charge in [-0.05, 0) is 85.1 Å². The number of benzene rings is 2. The fourth-order valence-corrected chi connectivity index (χ4v) is 3.75. The van der Waals surface area contributed by atoms with Gasteiger partial charge in [-0.2, -0.15) is 0 Å². The summed E-state index contributed by atoms with van der Waals surface area (Å²) in [6, 6.07) is 10.6. The Hall–Kier alpha value is -1.61. The lowest BCUT2D eigenvalue weighted by molar-refractivity contribution is 0.222. The molecule has 0 unspecified atom stereocenters. The van der Waals surface area contributed by atoms with Gasteiger partial charge in [0.25, 0.3) is 0 Å². The number of hydrogen-bond acceptors (Lipinski definition) is 5. The fraction of sp³-hybridized carbons (Fsp3) is 0.400. The van der Waals surface area contributed by atoms with E-state index in [0.29, 0.717) is 13.2 Å². The maximum Gasteiger partial charge on any atom is 0.238 e. The largest absolute Gasteiger partial charge is 0.490 e. The molecule has 0 saturated carbocycles. The summed E-state index contributed by atoms with van der Waals surface area (Å²) in [6.45, 7) is 7.89. The van der Waals surface area contributed by atoms with E-state index in [4.69, 9.17) is 14.6 Å². The lowest BCUT2D eigenvalue weighted by Gasteiger charge is -2.17. The Morgan fingerprint density at radius 1 is 1.14 bits per heavy atom. The molecule has 0 heterocycles. The molecule has 2 rings (SSSR count). The second-order valence-corrected chi connectivity index (χ2v) is 9.04. The van der Waals surface area contributed by atoms with E-state index in [1.165, 1.54) is 12.1 Å². The van der Waals surface area contributed by atoms with Crippen LogP contribution in [0.5, 0.6) is 11.5 Å². The van der Waals surface area contributed by atoms with E-state index in [9.17, 15) is 8.42 Å². The molecule has 2 aromatic rings. The summed E-state index contributed by atoms with van der Waals surface area (Å²) in [5, 5.41) is 8.50. The standard InChI is InChI=1S/C20H27BrN2O4S/c1-4-26-19-12-16(11-18(21)20(19)27-14(2)3)13-23-10-9-15-5-7-17(8-6-15)28(22,24)25/h5-8,11-12,14,23H,4,9-10,13H2,1-3H3,(H2,22,24,25). The molecular weight excluding hydrogens is 444 g/mol. The minimum Gasteiger partial charge on any atom is -0.490 e. The number of nitrogens with two attached hydrogens (primary N) is 1. The normalized spacial score (nSPS) is 11.6. The van der Waals surface area contributed by atoms with Crippen LogP contribution < -0.4 is 19.9 Å². The number of ether oxygens (including phenoxy) is 2. The molecule has 0 aromatic heterocycles. The van der Waals surface area contributed by atoms with Crippen LogP contribution in [-0.4, -0.2) is 27.7 Å². The summed E-state index contributed by atoms with van der Waals surface area (Å²) in [5.74, 6) is 1.44. The molecule has 6 nitrogen and oxygen atoms in total. The number of primary sulfonamides is 1. The van der Waals surface area contributed by atoms with Gasteiger partial charge < -0.3 is 14.8 Å². The zero-order chi connectivity index (χ0) is 20.7. The number of halogens is 1. The van der Waals surface area contributed by atoms with Crippen LogP contribution in [0.4, 0.5) is 0 Å². The van der Waals surface area contributed by atoms with Crippen molar-refractivity contribution in [1.82, 2.24) is 5.32 Å². The van der Waals surface area contributed by atoms with Gasteiger partial charge in [-0.1, -0.05) is 12.1 Å². The van der Waals surface area contributed by atoms with Crippen molar-refractivity contribution in [3.8, 4) is 11.5 Å². The van der Waals surface area contributed by atoms with Crippen LogP contribution in [0.3, 0.4) is 0 Å². The Bertz CT molecular complexity index is 884. The lowest BCUT2D eigenvalue weighted by Crippen LogP contribution is -2.17. The van der Waals surface area contributed by atoms with Crippen molar-refractivity contribution in [2.45, 2.75) is 44.7 Å². The number of rotatable bonds is 10. The van der Waals surface area contributed by atoms with Gasteiger partial charge in [0.15, 0.2) is 11.5 Å². The Labute approximate surface area is 175 Å². The molecule has 0 aliphatic rings. The van der Waals surface area contributed by atoms with Crippen molar-refractivity contribution < 1.29 is 17.9 Å². The lowest BCUT2D eigenvalue weighted by atomic mass is 10.1. The van der Waals surface area contributed by atoms with Gasteiger partial charge in [0.05, 0.1) is 22.1 Å². The number of nitrogens with one attached hydrogen (secondary N) is 1. The summed E-state index contributed by atoms with van der Waals surface area (Å²) in [7, 11) is -3.65. The van der Waals surface area contributed by atoms with Gasteiger partial charge in [0.1, 0.15) is 0 Å². The summed E-state index contributed by atoms with van der Waals surface area (Å²) in [5.41, 5.74) is 2.12. The highest BCUT2D eigenvalue weighted by atomic mass is 79.9. The minimum atomic E-state index is -3.65. The SMILES string of the molecule is CCOc1cc(CNCCc2ccc(S(N)(=O)=O)cc2)cc(Br)c1OC(C)C. The Balaban J connectivity index is 1.95. The zero-order valence-electron chi connectivity index (χ0n) is 16.4. The van der Waals surface area contributed by atoms with Crippen LogP contribution in [0, 0.1) is 0 Å². The van der Waals surface area contributed by atoms with Crippen molar-refractivity contribution >= 4 is 26.0 Å². The molecule has 154 valence electrons. The highest BCUT2D eigenvalue weighted by molar-refractivity contribution is 9.10. The second kappa shape index (κ2) is 10.2. The summed E-state index contributed by atoms with van der Waals surface area (Å²) >= 11 is 3.57. The van der Waals surface area contributed by atoms with Gasteiger partial charge in [0, 0.05) is 6.54 Å². The molecule has 0 radical (unpaired) electrons. The predicted octanol–water partition coefficient (Wildman–Crippen LogP) is 3.61. The first-order chi connectivity index (χ1) is 13.2. The molecule has 0 aliphatic carbocycles. The van der Waals surface area contributed by atoms with Crippen molar-refractivity contribution in [3.63, 3.8) is 0 Å². The molecule has 2 aromatic carbocycles. The molecular formula is C20H27BrN2O4S. The van der Waals surface area contributed by atoms with E-state index in [-0.39, 0.29) is 11.0 Å². The smallest absolute Gasteiger partial charge is 0.238 e. The first-order valence-corrected chi connectivity index (χ1v) is 11.5. The molecule has 8 heteroatoms. The Morgan fingerprint density at radius 3 is 2.39 bits per heavy atom. The van der Waals surface area contributed by atoms with Crippen molar-refractivity contribution in [2.24, 2.45) is 5.14 Å². The Morgan fingerprint density at radius 2 is 1.82 bits per heavy atom. The zero-order valence-corrected chi connectivity index (χ0v) is 18.8. The third-order valence-electron chi connectivity index (χ3n) is 3.89. The van der Waals surface area contributed by atoms with E-state index in [1.807, 2.05) is 32.9 Å². The van der Waals surface area contributed by atoms with Crippen LogP contribution in [-0.2, 0) is 23.0 Å². The molecule has 0 spiro atoms. The van der Waals surface area contributed by atoms with Gasteiger partial charge >= 0.3 is 0 Å². The summed E-state index contributed by atoms with van der Waals surface area (Å²) in [6.07, 6.45) is 0.832. The van der Waals surface area contributed by atoms with Gasteiger partial charge in [0.2, 0.25) is 10.0 Å². The van der Waals surface area contributed by atoms with Crippen molar-refractivity contribution in [3.05, 3.63) is 52.0 Å². The van der Waals surface area contributed by atoms with Crippen LogP contribution >= 0.6 is 15.9 Å². The summed E-state index contributed by atoms with van der Waals surface area (Å²) < 4.78 is 35.0. The monoisotopic (exact) mass is 470 g/mol.